The Labute approximate surface area is 174 Å². The van der Waals surface area contributed by atoms with Gasteiger partial charge in [-0.1, -0.05) is 30.9 Å². The summed E-state index contributed by atoms with van der Waals surface area (Å²) in [6, 6.07) is 22.8. The van der Waals surface area contributed by atoms with Gasteiger partial charge in [-0.3, -0.25) is 22.1 Å². The van der Waals surface area contributed by atoms with E-state index in [0.717, 1.165) is 28.9 Å². The van der Waals surface area contributed by atoms with E-state index in [2.05, 4.69) is 22.1 Å². The fourth-order valence-electron chi connectivity index (χ4n) is 2.04. The van der Waals surface area contributed by atoms with Crippen LogP contribution >= 0.6 is 0 Å². The Kier molecular flexibility index (Phi) is 11.0. The van der Waals surface area contributed by atoms with Crippen molar-refractivity contribution in [2.24, 2.45) is 0 Å². The van der Waals surface area contributed by atoms with E-state index in [-0.39, 0.29) is 20.1 Å². The number of hydrogen-bond acceptors (Lipinski definition) is 3. The van der Waals surface area contributed by atoms with Gasteiger partial charge in [-0.25, -0.2) is 6.08 Å². The summed E-state index contributed by atoms with van der Waals surface area (Å²) in [5.41, 5.74) is 3.68. The van der Waals surface area contributed by atoms with Gasteiger partial charge in [0.25, 0.3) is 0 Å². The molecule has 0 bridgehead atoms. The Bertz CT molecular complexity index is 792. The van der Waals surface area contributed by atoms with Crippen molar-refractivity contribution in [2.45, 2.75) is 6.42 Å². The number of aliphatic hydroxyl groups excluding tert-OH is 1. The summed E-state index contributed by atoms with van der Waals surface area (Å²) in [7, 11) is 0. The van der Waals surface area contributed by atoms with E-state index in [4.69, 9.17) is 11.7 Å². The molecule has 1 N–H and O–H groups in total. The molecule has 0 aliphatic carbocycles. The molecule has 2 aromatic heterocycles. The van der Waals surface area contributed by atoms with Crippen LogP contribution in [0.1, 0.15) is 6.42 Å². The second-order valence-electron chi connectivity index (χ2n) is 5.06. The standard InChI is InChI=1S/C16H11N2.C7H8O.Ir/c1-2-7-13(8-3-1)14-10-6-11-16(18-14)15-9-4-5-12-17-15;1-2-3-4-5-6-7-8;/h1-7,9-12H;1-2,4,6-8H,3H2;/q-1;-2;+3. The number of pyridine rings is 2. The molecule has 0 radical (unpaired) electrons. The second-order valence-corrected chi connectivity index (χ2v) is 5.06. The van der Waals surface area contributed by atoms with E-state index in [1.165, 1.54) is 12.2 Å². The molecule has 1 aromatic carbocycles. The molecule has 0 fully saturated rings. The first-order chi connectivity index (χ1) is 12.8. The summed E-state index contributed by atoms with van der Waals surface area (Å²) in [4.78, 5) is 8.93. The van der Waals surface area contributed by atoms with Crippen molar-refractivity contribution >= 4 is 0 Å². The Balaban J connectivity index is 0.000000350. The number of aliphatic hydroxyl groups is 1. The molecule has 2 heterocycles. The molecule has 0 aliphatic rings. The molecule has 0 unspecified atom stereocenters. The first kappa shape index (κ1) is 22.2. The maximum atomic E-state index is 8.06. The number of aromatic nitrogens is 2. The zero-order chi connectivity index (χ0) is 18.5. The quantitative estimate of drug-likeness (QED) is 0.272. The minimum atomic E-state index is 0. The van der Waals surface area contributed by atoms with Crippen LogP contribution in [0.4, 0.5) is 0 Å². The summed E-state index contributed by atoms with van der Waals surface area (Å²) in [6.45, 7) is 5.03. The SMILES string of the molecule is [CH-]=CCC=[C-]C=CO.[Ir+3].[c-]1ccccc1-c1cccc(-c2ccccn2)n1. The van der Waals surface area contributed by atoms with E-state index >= 15 is 0 Å². The van der Waals surface area contributed by atoms with Crippen LogP contribution in [0.2, 0.25) is 0 Å². The van der Waals surface area contributed by atoms with Gasteiger partial charge in [0.15, 0.2) is 0 Å². The molecule has 0 amide bonds. The van der Waals surface area contributed by atoms with Gasteiger partial charge < -0.3 is 11.7 Å². The molecular weight excluding hydrogens is 512 g/mol. The van der Waals surface area contributed by atoms with Gasteiger partial charge in [-0.2, -0.15) is 6.08 Å². The fourth-order valence-corrected chi connectivity index (χ4v) is 2.04. The molecule has 0 aliphatic heterocycles. The number of rotatable bonds is 5. The largest absolute Gasteiger partial charge is 3.00 e. The summed E-state index contributed by atoms with van der Waals surface area (Å²) < 4.78 is 0. The minimum Gasteiger partial charge on any atom is -0.600 e. The van der Waals surface area contributed by atoms with Crippen LogP contribution < -0.4 is 0 Å². The normalized spacial score (nSPS) is 10.1. The molecule has 0 saturated carbocycles. The average molecular weight is 532 g/mol. The Morgan fingerprint density at radius 1 is 1.00 bits per heavy atom. The molecule has 136 valence electrons. The molecule has 3 nitrogen and oxygen atoms in total. The van der Waals surface area contributed by atoms with Crippen molar-refractivity contribution in [3.63, 3.8) is 0 Å². The van der Waals surface area contributed by atoms with E-state index < -0.39 is 0 Å². The van der Waals surface area contributed by atoms with Crippen molar-refractivity contribution in [3.05, 3.63) is 110 Å². The smallest absolute Gasteiger partial charge is 0.600 e. The third kappa shape index (κ3) is 7.95. The van der Waals surface area contributed by atoms with Crippen LogP contribution in [-0.2, 0) is 20.1 Å². The Hall–Kier alpha value is -2.81. The molecular formula is C23H19IrN2O. The van der Waals surface area contributed by atoms with Crippen molar-refractivity contribution < 1.29 is 25.2 Å². The fraction of sp³-hybridized carbons (Fsp3) is 0.0435. The average Bonchev–Trinajstić information content (AvgIpc) is 2.73. The number of nitrogens with zero attached hydrogens (tertiary/aromatic N) is 2. The molecule has 3 aromatic rings. The van der Waals surface area contributed by atoms with Gasteiger partial charge in [0, 0.05) is 6.20 Å². The Morgan fingerprint density at radius 3 is 2.44 bits per heavy atom. The summed E-state index contributed by atoms with van der Waals surface area (Å²) >= 11 is 0. The van der Waals surface area contributed by atoms with E-state index in [9.17, 15) is 0 Å². The number of hydrogen-bond donors (Lipinski definition) is 1. The van der Waals surface area contributed by atoms with Gasteiger partial charge in [0.2, 0.25) is 0 Å². The van der Waals surface area contributed by atoms with E-state index in [0.29, 0.717) is 6.42 Å². The van der Waals surface area contributed by atoms with Crippen LogP contribution in [0.3, 0.4) is 0 Å². The number of allylic oxidation sites excluding steroid dienone is 4. The predicted octanol–water partition coefficient (Wildman–Crippen LogP) is 5.41. The number of benzene rings is 1. The van der Waals surface area contributed by atoms with Gasteiger partial charge in [0.1, 0.15) is 0 Å². The van der Waals surface area contributed by atoms with Crippen LogP contribution in [0, 0.1) is 18.7 Å². The van der Waals surface area contributed by atoms with Crippen molar-refractivity contribution in [1.29, 1.82) is 0 Å². The summed E-state index contributed by atoms with van der Waals surface area (Å²) in [5, 5.41) is 8.06. The molecule has 0 atom stereocenters. The second kappa shape index (κ2) is 13.4. The van der Waals surface area contributed by atoms with Gasteiger partial charge in [-0.05, 0) is 23.9 Å². The van der Waals surface area contributed by atoms with Gasteiger partial charge >= 0.3 is 20.1 Å². The topological polar surface area (TPSA) is 46.0 Å². The van der Waals surface area contributed by atoms with Crippen molar-refractivity contribution in [2.75, 3.05) is 0 Å². The van der Waals surface area contributed by atoms with Crippen molar-refractivity contribution in [1.82, 2.24) is 9.97 Å². The third-order valence-electron chi connectivity index (χ3n) is 3.20. The van der Waals surface area contributed by atoms with E-state index in [1.54, 1.807) is 12.3 Å². The van der Waals surface area contributed by atoms with Crippen LogP contribution in [-0.4, -0.2) is 15.1 Å². The Morgan fingerprint density at radius 2 is 1.78 bits per heavy atom. The van der Waals surface area contributed by atoms with Gasteiger partial charge in [-0.15, -0.1) is 35.9 Å². The zero-order valence-corrected chi connectivity index (χ0v) is 17.0. The first-order valence-corrected chi connectivity index (χ1v) is 8.11. The van der Waals surface area contributed by atoms with Crippen LogP contribution in [0.15, 0.2) is 91.4 Å². The maximum absolute atomic E-state index is 8.06. The predicted molar refractivity (Wildman–Crippen MR) is 105 cm³/mol. The molecule has 0 saturated heterocycles. The van der Waals surface area contributed by atoms with Gasteiger partial charge in [0.05, 0.1) is 11.4 Å². The molecule has 27 heavy (non-hydrogen) atoms. The zero-order valence-electron chi connectivity index (χ0n) is 14.6. The minimum absolute atomic E-state index is 0. The summed E-state index contributed by atoms with van der Waals surface area (Å²) in [6.07, 6.45) is 10.7. The molecule has 4 heteroatoms. The molecule has 0 spiro atoms. The van der Waals surface area contributed by atoms with Crippen molar-refractivity contribution in [3.8, 4) is 22.6 Å². The first-order valence-electron chi connectivity index (χ1n) is 8.11. The summed E-state index contributed by atoms with van der Waals surface area (Å²) in [5.74, 6) is 0. The van der Waals surface area contributed by atoms with E-state index in [1.807, 2.05) is 60.7 Å². The monoisotopic (exact) mass is 532 g/mol. The third-order valence-corrected chi connectivity index (χ3v) is 3.20. The molecule has 3 rings (SSSR count). The maximum Gasteiger partial charge on any atom is 3.00 e. The van der Waals surface area contributed by atoms with Crippen LogP contribution in [0.5, 0.6) is 0 Å². The van der Waals surface area contributed by atoms with Crippen LogP contribution in [0.25, 0.3) is 22.6 Å².